The maximum atomic E-state index is 11.9. The van der Waals surface area contributed by atoms with E-state index >= 15 is 0 Å². The van der Waals surface area contributed by atoms with Crippen LogP contribution in [0.3, 0.4) is 0 Å². The zero-order chi connectivity index (χ0) is 11.4. The molecule has 0 spiro atoms. The molecule has 0 N–H and O–H groups in total. The third-order valence-corrected chi connectivity index (χ3v) is 2.88. The molecule has 0 bridgehead atoms. The first-order chi connectivity index (χ1) is 7.10. The van der Waals surface area contributed by atoms with Gasteiger partial charge in [0.15, 0.2) is 5.78 Å². The van der Waals surface area contributed by atoms with Crippen molar-refractivity contribution in [2.24, 2.45) is 5.92 Å². The van der Waals surface area contributed by atoms with Gasteiger partial charge in [0, 0.05) is 26.2 Å². The minimum atomic E-state index is -0.0450. The SMILES string of the molecule is COC/C(C)=C1/C(=O)CC(C)CC1OC. The Morgan fingerprint density at radius 2 is 2.13 bits per heavy atom. The molecule has 2 unspecified atom stereocenters. The third-order valence-electron chi connectivity index (χ3n) is 2.88. The number of hydrogen-bond donors (Lipinski definition) is 0. The molecule has 3 heteroatoms. The lowest BCUT2D eigenvalue weighted by molar-refractivity contribution is -0.119. The van der Waals surface area contributed by atoms with Crippen molar-refractivity contribution in [1.29, 1.82) is 0 Å². The van der Waals surface area contributed by atoms with E-state index in [-0.39, 0.29) is 11.9 Å². The van der Waals surface area contributed by atoms with Crippen LogP contribution in [0, 0.1) is 5.92 Å². The Labute approximate surface area is 91.4 Å². The van der Waals surface area contributed by atoms with Crippen molar-refractivity contribution in [2.75, 3.05) is 20.8 Å². The van der Waals surface area contributed by atoms with Crippen molar-refractivity contribution >= 4 is 5.78 Å². The van der Waals surface area contributed by atoms with Crippen LogP contribution in [0.15, 0.2) is 11.1 Å². The Kier molecular flexibility index (Phi) is 4.48. The molecule has 86 valence electrons. The fourth-order valence-corrected chi connectivity index (χ4v) is 2.19. The van der Waals surface area contributed by atoms with Gasteiger partial charge in [-0.15, -0.1) is 0 Å². The van der Waals surface area contributed by atoms with Crippen molar-refractivity contribution < 1.29 is 14.3 Å². The molecule has 1 aliphatic carbocycles. The van der Waals surface area contributed by atoms with Crippen LogP contribution in [-0.2, 0) is 14.3 Å². The molecule has 0 aromatic carbocycles. The molecule has 0 heterocycles. The van der Waals surface area contributed by atoms with Crippen LogP contribution in [0.1, 0.15) is 26.7 Å². The summed E-state index contributed by atoms with van der Waals surface area (Å²) in [6, 6.07) is 0. The van der Waals surface area contributed by atoms with Gasteiger partial charge in [-0.2, -0.15) is 0 Å². The molecule has 1 fully saturated rings. The highest BCUT2D eigenvalue weighted by molar-refractivity contribution is 5.98. The van der Waals surface area contributed by atoms with Gasteiger partial charge in [-0.1, -0.05) is 6.92 Å². The minimum absolute atomic E-state index is 0.0450. The molecule has 0 amide bonds. The second kappa shape index (κ2) is 5.42. The fourth-order valence-electron chi connectivity index (χ4n) is 2.19. The first kappa shape index (κ1) is 12.4. The first-order valence-corrected chi connectivity index (χ1v) is 5.34. The van der Waals surface area contributed by atoms with E-state index in [9.17, 15) is 4.79 Å². The number of ether oxygens (including phenoxy) is 2. The van der Waals surface area contributed by atoms with Crippen LogP contribution in [0.25, 0.3) is 0 Å². The quantitative estimate of drug-likeness (QED) is 0.671. The normalized spacial score (nSPS) is 30.5. The van der Waals surface area contributed by atoms with E-state index < -0.39 is 0 Å². The summed E-state index contributed by atoms with van der Waals surface area (Å²) in [6.07, 6.45) is 1.52. The van der Waals surface area contributed by atoms with Gasteiger partial charge >= 0.3 is 0 Å². The molecule has 0 aromatic heterocycles. The smallest absolute Gasteiger partial charge is 0.161 e. The van der Waals surface area contributed by atoms with Crippen LogP contribution in [-0.4, -0.2) is 32.7 Å². The van der Waals surface area contributed by atoms with Gasteiger partial charge < -0.3 is 9.47 Å². The van der Waals surface area contributed by atoms with Gasteiger partial charge in [-0.3, -0.25) is 4.79 Å². The van der Waals surface area contributed by atoms with Gasteiger partial charge in [-0.05, 0) is 24.8 Å². The summed E-state index contributed by atoms with van der Waals surface area (Å²) in [5.41, 5.74) is 1.83. The predicted octanol–water partition coefficient (Wildman–Crippen LogP) is 1.96. The highest BCUT2D eigenvalue weighted by Gasteiger charge is 2.31. The van der Waals surface area contributed by atoms with Gasteiger partial charge in [0.1, 0.15) is 0 Å². The lowest BCUT2D eigenvalue weighted by Gasteiger charge is -2.29. The van der Waals surface area contributed by atoms with Crippen LogP contribution in [0.4, 0.5) is 0 Å². The summed E-state index contributed by atoms with van der Waals surface area (Å²) in [4.78, 5) is 11.9. The number of carbonyl (C=O) groups excluding carboxylic acids is 1. The summed E-state index contributed by atoms with van der Waals surface area (Å²) in [6.45, 7) is 4.54. The number of Topliss-reactive ketones (excluding diaryl/α,β-unsaturated/α-hetero) is 1. The summed E-state index contributed by atoms with van der Waals surface area (Å²) >= 11 is 0. The third kappa shape index (κ3) is 2.89. The molecule has 0 aromatic rings. The highest BCUT2D eigenvalue weighted by Crippen LogP contribution is 2.29. The summed E-state index contributed by atoms with van der Waals surface area (Å²) < 4.78 is 10.4. The predicted molar refractivity (Wildman–Crippen MR) is 58.8 cm³/mol. The van der Waals surface area contributed by atoms with E-state index in [1.807, 2.05) is 6.92 Å². The average molecular weight is 212 g/mol. The topological polar surface area (TPSA) is 35.5 Å². The molecule has 1 rings (SSSR count). The second-order valence-corrected chi connectivity index (χ2v) is 4.32. The Bertz CT molecular complexity index is 268. The van der Waals surface area contributed by atoms with E-state index in [1.54, 1.807) is 14.2 Å². The highest BCUT2D eigenvalue weighted by atomic mass is 16.5. The van der Waals surface area contributed by atoms with Crippen molar-refractivity contribution in [2.45, 2.75) is 32.8 Å². The van der Waals surface area contributed by atoms with Crippen LogP contribution in [0.2, 0.25) is 0 Å². The summed E-state index contributed by atoms with van der Waals surface area (Å²) in [5, 5.41) is 0. The average Bonchev–Trinajstić information content (AvgIpc) is 2.16. The Morgan fingerprint density at radius 3 is 2.67 bits per heavy atom. The van der Waals surface area contributed by atoms with Gasteiger partial charge in [-0.25, -0.2) is 0 Å². The van der Waals surface area contributed by atoms with Crippen molar-refractivity contribution in [3.05, 3.63) is 11.1 Å². The van der Waals surface area contributed by atoms with E-state index in [1.165, 1.54) is 0 Å². The van der Waals surface area contributed by atoms with Crippen LogP contribution < -0.4 is 0 Å². The zero-order valence-electron chi connectivity index (χ0n) is 10.0. The molecule has 1 aliphatic rings. The van der Waals surface area contributed by atoms with E-state index in [4.69, 9.17) is 9.47 Å². The number of carbonyl (C=O) groups is 1. The second-order valence-electron chi connectivity index (χ2n) is 4.32. The number of rotatable bonds is 3. The standard InChI is InChI=1S/C12H20O3/c1-8-5-10(13)12(9(2)7-14-3)11(6-8)15-4/h8,11H,5-7H2,1-4H3/b12-9-. The Balaban J connectivity index is 2.92. The lowest BCUT2D eigenvalue weighted by atomic mass is 9.82. The number of methoxy groups -OCH3 is 2. The molecular weight excluding hydrogens is 192 g/mol. The summed E-state index contributed by atoms with van der Waals surface area (Å²) in [7, 11) is 3.30. The van der Waals surface area contributed by atoms with Gasteiger partial charge in [0.2, 0.25) is 0 Å². The maximum absolute atomic E-state index is 11.9. The first-order valence-electron chi connectivity index (χ1n) is 5.34. The van der Waals surface area contributed by atoms with Crippen molar-refractivity contribution in [3.8, 4) is 0 Å². The lowest BCUT2D eigenvalue weighted by Crippen LogP contribution is -2.31. The Hall–Kier alpha value is -0.670. The number of hydrogen-bond acceptors (Lipinski definition) is 3. The molecule has 3 nitrogen and oxygen atoms in total. The molecule has 0 radical (unpaired) electrons. The molecule has 1 saturated carbocycles. The summed E-state index contributed by atoms with van der Waals surface area (Å²) in [5.74, 6) is 0.636. The van der Waals surface area contributed by atoms with Gasteiger partial charge in [0.05, 0.1) is 12.7 Å². The monoisotopic (exact) mass is 212 g/mol. The largest absolute Gasteiger partial charge is 0.380 e. The fraction of sp³-hybridized carbons (Fsp3) is 0.750. The molecule has 15 heavy (non-hydrogen) atoms. The minimum Gasteiger partial charge on any atom is -0.380 e. The van der Waals surface area contributed by atoms with Crippen molar-refractivity contribution in [3.63, 3.8) is 0 Å². The van der Waals surface area contributed by atoms with Crippen LogP contribution >= 0.6 is 0 Å². The van der Waals surface area contributed by atoms with Gasteiger partial charge in [0.25, 0.3) is 0 Å². The molecule has 0 saturated heterocycles. The molecule has 0 aliphatic heterocycles. The van der Waals surface area contributed by atoms with Crippen LogP contribution in [0.5, 0.6) is 0 Å². The Morgan fingerprint density at radius 1 is 1.47 bits per heavy atom. The molecular formula is C12H20O3. The maximum Gasteiger partial charge on any atom is 0.161 e. The van der Waals surface area contributed by atoms with Crippen molar-refractivity contribution in [1.82, 2.24) is 0 Å². The zero-order valence-corrected chi connectivity index (χ0v) is 10.0. The van der Waals surface area contributed by atoms with E-state index in [0.29, 0.717) is 18.9 Å². The van der Waals surface area contributed by atoms with E-state index in [0.717, 1.165) is 17.6 Å². The number of ketones is 1. The van der Waals surface area contributed by atoms with E-state index in [2.05, 4.69) is 6.92 Å². The molecule has 2 atom stereocenters.